The van der Waals surface area contributed by atoms with Crippen LogP contribution in [0.15, 0.2) is 42.3 Å². The van der Waals surface area contributed by atoms with E-state index in [1.807, 2.05) is 16.7 Å². The third kappa shape index (κ3) is 4.98. The summed E-state index contributed by atoms with van der Waals surface area (Å²) in [5.74, 6) is 0.290. The van der Waals surface area contributed by atoms with Gasteiger partial charge in [-0.2, -0.15) is 0 Å². The van der Waals surface area contributed by atoms with E-state index in [2.05, 4.69) is 32.4 Å². The van der Waals surface area contributed by atoms with Gasteiger partial charge in [0.05, 0.1) is 5.25 Å². The molecule has 0 saturated heterocycles. The highest BCUT2D eigenvalue weighted by Crippen LogP contribution is 2.26. The molecule has 0 radical (unpaired) electrons. The maximum atomic E-state index is 12.4. The minimum Gasteiger partial charge on any atom is -0.335 e. The highest BCUT2D eigenvalue weighted by atomic mass is 32.2. The molecule has 1 aliphatic rings. The van der Waals surface area contributed by atoms with Crippen molar-refractivity contribution in [2.24, 2.45) is 0 Å². The highest BCUT2D eigenvalue weighted by Gasteiger charge is 2.23. The Morgan fingerprint density at radius 1 is 1.39 bits per heavy atom. The van der Waals surface area contributed by atoms with E-state index >= 15 is 0 Å². The van der Waals surface area contributed by atoms with Gasteiger partial charge in [-0.3, -0.25) is 19.7 Å². The van der Waals surface area contributed by atoms with Crippen LogP contribution in [0.4, 0.5) is 4.79 Å². The lowest BCUT2D eigenvalue weighted by molar-refractivity contribution is -0.119. The van der Waals surface area contributed by atoms with Crippen molar-refractivity contribution in [2.45, 2.75) is 55.6 Å². The van der Waals surface area contributed by atoms with Crippen molar-refractivity contribution in [3.8, 4) is 11.4 Å². The number of urea groups is 1. The van der Waals surface area contributed by atoms with E-state index in [9.17, 15) is 9.59 Å². The van der Waals surface area contributed by atoms with Gasteiger partial charge < -0.3 is 5.32 Å². The average Bonchev–Trinajstić information content (AvgIpc) is 3.33. The lowest BCUT2D eigenvalue weighted by atomic mass is 10.2. The van der Waals surface area contributed by atoms with Crippen LogP contribution in [0.1, 0.15) is 32.6 Å². The number of allylic oxidation sites excluding steroid dienone is 1. The number of rotatable bonds is 7. The first-order chi connectivity index (χ1) is 13.6. The second-order valence-corrected chi connectivity index (χ2v) is 7.96. The van der Waals surface area contributed by atoms with E-state index < -0.39 is 11.3 Å². The number of amides is 3. The van der Waals surface area contributed by atoms with E-state index in [-0.39, 0.29) is 11.9 Å². The van der Waals surface area contributed by atoms with Gasteiger partial charge in [0.2, 0.25) is 5.91 Å². The Kier molecular flexibility index (Phi) is 6.80. The Bertz CT molecular complexity index is 832. The molecule has 1 saturated carbocycles. The normalized spacial score (nSPS) is 15.2. The molecule has 0 unspecified atom stereocenters. The molecule has 9 heteroatoms. The van der Waals surface area contributed by atoms with Gasteiger partial charge in [-0.05, 0) is 31.9 Å². The fraction of sp³-hybridized carbons (Fsp3) is 0.421. The van der Waals surface area contributed by atoms with Crippen LogP contribution in [0, 0.1) is 0 Å². The molecule has 3 amide bonds. The molecule has 2 aromatic heterocycles. The minimum atomic E-state index is -0.510. The minimum absolute atomic E-state index is 0.161. The fourth-order valence-corrected chi connectivity index (χ4v) is 3.95. The summed E-state index contributed by atoms with van der Waals surface area (Å²) in [5.41, 5.74) is 0.830. The number of nitrogens with one attached hydrogen (secondary N) is 2. The van der Waals surface area contributed by atoms with Crippen molar-refractivity contribution in [3.63, 3.8) is 0 Å². The Balaban J connectivity index is 1.65. The average molecular weight is 401 g/mol. The van der Waals surface area contributed by atoms with Crippen LogP contribution in [0.3, 0.4) is 0 Å². The van der Waals surface area contributed by atoms with Crippen LogP contribution in [-0.2, 0) is 11.3 Å². The van der Waals surface area contributed by atoms with Crippen molar-refractivity contribution in [1.82, 2.24) is 30.4 Å². The summed E-state index contributed by atoms with van der Waals surface area (Å²) in [6, 6.07) is 3.45. The first kappa shape index (κ1) is 20.1. The van der Waals surface area contributed by atoms with E-state index in [1.165, 1.54) is 11.8 Å². The summed E-state index contributed by atoms with van der Waals surface area (Å²) in [6.07, 6.45) is 9.30. The molecule has 0 aliphatic heterocycles. The quantitative estimate of drug-likeness (QED) is 0.547. The number of imide groups is 1. The monoisotopic (exact) mass is 400 g/mol. The van der Waals surface area contributed by atoms with Crippen LogP contribution in [0.2, 0.25) is 0 Å². The first-order valence-corrected chi connectivity index (χ1v) is 10.2. The molecule has 0 aromatic carbocycles. The molecular formula is C19H24N6O2S. The number of pyridine rings is 1. The van der Waals surface area contributed by atoms with Gasteiger partial charge in [0, 0.05) is 30.5 Å². The second kappa shape index (κ2) is 9.50. The summed E-state index contributed by atoms with van der Waals surface area (Å²) >= 11 is 1.25. The standard InChI is InChI=1S/C19H24N6O2S/c1-3-11-25-16(14-7-6-10-20-12-14)23-24-19(25)28-13(2)17(26)22-18(27)21-15-8-4-5-9-15/h3,6-7,10,12-13,15H,1,4-5,8-9,11H2,2H3,(H2,21,22,26,27)/t13-/m0/s1. The van der Waals surface area contributed by atoms with Crippen LogP contribution in [0.5, 0.6) is 0 Å². The lowest BCUT2D eigenvalue weighted by Crippen LogP contribution is -2.45. The molecule has 28 heavy (non-hydrogen) atoms. The van der Waals surface area contributed by atoms with Crippen molar-refractivity contribution >= 4 is 23.7 Å². The number of hydrogen-bond donors (Lipinski definition) is 2. The van der Waals surface area contributed by atoms with Gasteiger partial charge in [0.1, 0.15) is 0 Å². The third-order valence-corrected chi connectivity index (χ3v) is 5.61. The molecule has 2 heterocycles. The summed E-state index contributed by atoms with van der Waals surface area (Å²) < 4.78 is 1.87. The molecule has 1 aliphatic carbocycles. The summed E-state index contributed by atoms with van der Waals surface area (Å²) in [5, 5.41) is 13.8. The molecular weight excluding hydrogens is 376 g/mol. The maximum absolute atomic E-state index is 12.4. The third-order valence-electron chi connectivity index (χ3n) is 4.53. The SMILES string of the molecule is C=CCn1c(S[C@@H](C)C(=O)NC(=O)NC2CCCC2)nnc1-c1cccnc1. The topological polar surface area (TPSA) is 102 Å². The van der Waals surface area contributed by atoms with Crippen molar-refractivity contribution < 1.29 is 9.59 Å². The molecule has 0 spiro atoms. The lowest BCUT2D eigenvalue weighted by Gasteiger charge is -2.15. The zero-order chi connectivity index (χ0) is 19.9. The highest BCUT2D eigenvalue weighted by molar-refractivity contribution is 8.00. The summed E-state index contributed by atoms with van der Waals surface area (Å²) in [6.45, 7) is 6.01. The molecule has 8 nitrogen and oxygen atoms in total. The van der Waals surface area contributed by atoms with Gasteiger partial charge >= 0.3 is 6.03 Å². The molecule has 2 aromatic rings. The van der Waals surface area contributed by atoms with Crippen LogP contribution in [-0.4, -0.2) is 43.0 Å². The predicted molar refractivity (Wildman–Crippen MR) is 108 cm³/mol. The molecule has 1 fully saturated rings. The molecule has 148 valence electrons. The predicted octanol–water partition coefficient (Wildman–Crippen LogP) is 2.78. The number of nitrogens with zero attached hydrogens (tertiary/aromatic N) is 4. The van der Waals surface area contributed by atoms with Gasteiger partial charge in [-0.1, -0.05) is 30.7 Å². The first-order valence-electron chi connectivity index (χ1n) is 9.31. The zero-order valence-corrected chi connectivity index (χ0v) is 16.6. The number of carbonyl (C=O) groups excluding carboxylic acids is 2. The van der Waals surface area contributed by atoms with Crippen LogP contribution in [0.25, 0.3) is 11.4 Å². The Hall–Kier alpha value is -2.68. The van der Waals surface area contributed by atoms with E-state index in [1.54, 1.807) is 25.4 Å². The van der Waals surface area contributed by atoms with Gasteiger partial charge in [-0.25, -0.2) is 4.79 Å². The van der Waals surface area contributed by atoms with Gasteiger partial charge in [0.15, 0.2) is 11.0 Å². The van der Waals surface area contributed by atoms with Crippen molar-refractivity contribution in [3.05, 3.63) is 37.2 Å². The summed E-state index contributed by atoms with van der Waals surface area (Å²) in [7, 11) is 0. The molecule has 0 bridgehead atoms. The fourth-order valence-electron chi connectivity index (χ4n) is 3.09. The number of thioether (sulfide) groups is 1. The number of carbonyl (C=O) groups is 2. The Morgan fingerprint density at radius 3 is 2.86 bits per heavy atom. The molecule has 2 N–H and O–H groups in total. The molecule has 3 rings (SSSR count). The van der Waals surface area contributed by atoms with E-state index in [4.69, 9.17) is 0 Å². The number of aromatic nitrogens is 4. The largest absolute Gasteiger partial charge is 0.335 e. The van der Waals surface area contributed by atoms with Crippen molar-refractivity contribution in [2.75, 3.05) is 0 Å². The zero-order valence-electron chi connectivity index (χ0n) is 15.8. The second-order valence-electron chi connectivity index (χ2n) is 6.65. The Morgan fingerprint density at radius 2 is 2.18 bits per heavy atom. The maximum Gasteiger partial charge on any atom is 0.321 e. The van der Waals surface area contributed by atoms with Crippen molar-refractivity contribution in [1.29, 1.82) is 0 Å². The van der Waals surface area contributed by atoms with Crippen LogP contribution >= 0.6 is 11.8 Å². The van der Waals surface area contributed by atoms with Gasteiger partial charge in [-0.15, -0.1) is 16.8 Å². The van der Waals surface area contributed by atoms with E-state index in [0.717, 1.165) is 31.2 Å². The van der Waals surface area contributed by atoms with Gasteiger partial charge in [0.25, 0.3) is 0 Å². The smallest absolute Gasteiger partial charge is 0.321 e. The van der Waals surface area contributed by atoms with E-state index in [0.29, 0.717) is 17.5 Å². The summed E-state index contributed by atoms with van der Waals surface area (Å²) in [4.78, 5) is 28.5. The Labute approximate surface area is 168 Å². The number of hydrogen-bond acceptors (Lipinski definition) is 6. The molecule has 1 atom stereocenters. The van der Waals surface area contributed by atoms with Crippen LogP contribution < -0.4 is 10.6 Å².